The quantitative estimate of drug-likeness (QED) is 0.816. The maximum Gasteiger partial charge on any atom is 0.409 e. The minimum Gasteiger partial charge on any atom is -0.450 e. The van der Waals surface area contributed by atoms with Crippen LogP contribution < -0.4 is 10.0 Å². The SMILES string of the molecule is CCOC(=O)N1CCC(NC(=O)c2ccccc2NS(C)(=O)=O)CC1. The third kappa shape index (κ3) is 5.63. The molecular formula is C16H23N3O5S. The molecule has 0 saturated carbocycles. The van der Waals surface area contributed by atoms with Crippen molar-refractivity contribution in [3.63, 3.8) is 0 Å². The third-order valence-corrected chi connectivity index (χ3v) is 4.41. The first-order valence-electron chi connectivity index (χ1n) is 8.09. The van der Waals surface area contributed by atoms with E-state index in [1.807, 2.05) is 0 Å². The molecule has 138 valence electrons. The van der Waals surface area contributed by atoms with E-state index in [-0.39, 0.29) is 29.3 Å². The molecule has 0 bridgehead atoms. The Labute approximate surface area is 147 Å². The van der Waals surface area contributed by atoms with E-state index < -0.39 is 10.0 Å². The van der Waals surface area contributed by atoms with Gasteiger partial charge in [-0.2, -0.15) is 0 Å². The number of para-hydroxylation sites is 1. The first-order valence-corrected chi connectivity index (χ1v) is 9.98. The summed E-state index contributed by atoms with van der Waals surface area (Å²) in [5.41, 5.74) is 0.507. The van der Waals surface area contributed by atoms with Gasteiger partial charge in [-0.05, 0) is 31.9 Å². The molecule has 1 saturated heterocycles. The normalized spacial score (nSPS) is 15.5. The van der Waals surface area contributed by atoms with Crippen molar-refractivity contribution in [3.8, 4) is 0 Å². The Balaban J connectivity index is 1.97. The van der Waals surface area contributed by atoms with Crippen molar-refractivity contribution >= 4 is 27.7 Å². The highest BCUT2D eigenvalue weighted by molar-refractivity contribution is 7.92. The average molecular weight is 369 g/mol. The highest BCUT2D eigenvalue weighted by Gasteiger charge is 2.25. The fourth-order valence-electron chi connectivity index (χ4n) is 2.65. The first kappa shape index (κ1) is 19.0. The van der Waals surface area contributed by atoms with Crippen molar-refractivity contribution in [1.82, 2.24) is 10.2 Å². The van der Waals surface area contributed by atoms with Gasteiger partial charge in [0.05, 0.1) is 24.1 Å². The van der Waals surface area contributed by atoms with Crippen LogP contribution in [0.1, 0.15) is 30.1 Å². The number of piperidine rings is 1. The number of likely N-dealkylation sites (tertiary alicyclic amines) is 1. The number of benzene rings is 1. The molecule has 0 spiro atoms. The highest BCUT2D eigenvalue weighted by atomic mass is 32.2. The van der Waals surface area contributed by atoms with Gasteiger partial charge in [0.2, 0.25) is 10.0 Å². The maximum absolute atomic E-state index is 12.5. The van der Waals surface area contributed by atoms with E-state index in [1.165, 1.54) is 0 Å². The number of hydrogen-bond donors (Lipinski definition) is 2. The molecule has 1 aromatic carbocycles. The molecule has 0 aliphatic carbocycles. The van der Waals surface area contributed by atoms with E-state index in [4.69, 9.17) is 4.74 Å². The Morgan fingerprint density at radius 3 is 2.48 bits per heavy atom. The highest BCUT2D eigenvalue weighted by Crippen LogP contribution is 2.18. The summed E-state index contributed by atoms with van der Waals surface area (Å²) in [6.45, 7) is 3.10. The molecule has 1 aliphatic rings. The van der Waals surface area contributed by atoms with Crippen LogP contribution in [0.2, 0.25) is 0 Å². The summed E-state index contributed by atoms with van der Waals surface area (Å²) in [4.78, 5) is 25.8. The van der Waals surface area contributed by atoms with Gasteiger partial charge in [0.1, 0.15) is 0 Å². The summed E-state index contributed by atoms with van der Waals surface area (Å²) in [7, 11) is -3.48. The largest absolute Gasteiger partial charge is 0.450 e. The second kappa shape index (κ2) is 8.19. The molecule has 2 N–H and O–H groups in total. The summed E-state index contributed by atoms with van der Waals surface area (Å²) in [6.07, 6.45) is 1.93. The topological polar surface area (TPSA) is 105 Å². The lowest BCUT2D eigenvalue weighted by Gasteiger charge is -2.31. The number of nitrogens with zero attached hydrogens (tertiary/aromatic N) is 1. The minimum atomic E-state index is -3.48. The average Bonchev–Trinajstić information content (AvgIpc) is 2.54. The van der Waals surface area contributed by atoms with Gasteiger partial charge in [-0.15, -0.1) is 0 Å². The summed E-state index contributed by atoms with van der Waals surface area (Å²) < 4.78 is 30.2. The summed E-state index contributed by atoms with van der Waals surface area (Å²) in [5, 5.41) is 2.90. The van der Waals surface area contributed by atoms with Crippen molar-refractivity contribution in [1.29, 1.82) is 0 Å². The molecule has 0 radical (unpaired) electrons. The van der Waals surface area contributed by atoms with E-state index in [0.29, 0.717) is 32.5 Å². The number of anilines is 1. The molecule has 2 amide bonds. The van der Waals surface area contributed by atoms with Crippen LogP contribution in [0.3, 0.4) is 0 Å². The lowest BCUT2D eigenvalue weighted by Crippen LogP contribution is -2.46. The summed E-state index contributed by atoms with van der Waals surface area (Å²) in [5.74, 6) is -0.346. The van der Waals surface area contributed by atoms with Crippen molar-refractivity contribution in [2.24, 2.45) is 0 Å². The van der Waals surface area contributed by atoms with Crippen molar-refractivity contribution in [2.75, 3.05) is 30.7 Å². The van der Waals surface area contributed by atoms with Crippen LogP contribution in [0.4, 0.5) is 10.5 Å². The number of amides is 2. The molecule has 0 unspecified atom stereocenters. The van der Waals surface area contributed by atoms with Crippen molar-refractivity contribution < 1.29 is 22.7 Å². The zero-order valence-electron chi connectivity index (χ0n) is 14.3. The number of carbonyl (C=O) groups is 2. The van der Waals surface area contributed by atoms with Crippen molar-refractivity contribution in [2.45, 2.75) is 25.8 Å². The van der Waals surface area contributed by atoms with Gasteiger partial charge in [0.25, 0.3) is 5.91 Å². The van der Waals surface area contributed by atoms with Crippen LogP contribution in [-0.4, -0.2) is 57.3 Å². The number of sulfonamides is 1. The lowest BCUT2D eigenvalue weighted by molar-refractivity contribution is 0.0860. The van der Waals surface area contributed by atoms with Crippen LogP contribution in [0.15, 0.2) is 24.3 Å². The fraction of sp³-hybridized carbons (Fsp3) is 0.500. The molecule has 0 atom stereocenters. The molecule has 1 heterocycles. The van der Waals surface area contributed by atoms with E-state index >= 15 is 0 Å². The van der Waals surface area contributed by atoms with E-state index in [9.17, 15) is 18.0 Å². The van der Waals surface area contributed by atoms with Gasteiger partial charge >= 0.3 is 6.09 Å². The van der Waals surface area contributed by atoms with Gasteiger partial charge in [0.15, 0.2) is 0 Å². The Hall–Kier alpha value is -2.29. The zero-order chi connectivity index (χ0) is 18.4. The predicted molar refractivity (Wildman–Crippen MR) is 94.0 cm³/mol. The van der Waals surface area contributed by atoms with Crippen LogP contribution in [-0.2, 0) is 14.8 Å². The number of rotatable bonds is 5. The minimum absolute atomic E-state index is 0.0792. The number of nitrogens with one attached hydrogen (secondary N) is 2. The lowest BCUT2D eigenvalue weighted by atomic mass is 10.0. The molecule has 1 aromatic rings. The van der Waals surface area contributed by atoms with E-state index in [0.717, 1.165) is 6.26 Å². The summed E-state index contributed by atoms with van der Waals surface area (Å²) >= 11 is 0. The fourth-order valence-corrected chi connectivity index (χ4v) is 3.23. The summed E-state index contributed by atoms with van der Waals surface area (Å²) in [6, 6.07) is 6.36. The van der Waals surface area contributed by atoms with Crippen LogP contribution in [0.5, 0.6) is 0 Å². The number of ether oxygens (including phenoxy) is 1. The molecule has 8 nitrogen and oxygen atoms in total. The standard InChI is InChI=1S/C16H23N3O5S/c1-3-24-16(21)19-10-8-12(9-11-19)17-15(20)13-6-4-5-7-14(13)18-25(2,22)23/h4-7,12,18H,3,8-11H2,1-2H3,(H,17,20). The Bertz CT molecular complexity index is 727. The van der Waals surface area contributed by atoms with E-state index in [1.54, 1.807) is 36.1 Å². The van der Waals surface area contributed by atoms with Gasteiger partial charge in [-0.25, -0.2) is 13.2 Å². The van der Waals surface area contributed by atoms with Crippen LogP contribution in [0.25, 0.3) is 0 Å². The zero-order valence-corrected chi connectivity index (χ0v) is 15.1. The molecule has 9 heteroatoms. The molecule has 1 fully saturated rings. The van der Waals surface area contributed by atoms with Gasteiger partial charge in [0, 0.05) is 19.1 Å². The van der Waals surface area contributed by atoms with Gasteiger partial charge in [-0.3, -0.25) is 9.52 Å². The first-order chi connectivity index (χ1) is 11.8. The van der Waals surface area contributed by atoms with E-state index in [2.05, 4.69) is 10.0 Å². The Morgan fingerprint density at radius 1 is 1.24 bits per heavy atom. The maximum atomic E-state index is 12.5. The van der Waals surface area contributed by atoms with Crippen molar-refractivity contribution in [3.05, 3.63) is 29.8 Å². The van der Waals surface area contributed by atoms with Gasteiger partial charge in [-0.1, -0.05) is 12.1 Å². The Morgan fingerprint density at radius 2 is 1.88 bits per heavy atom. The van der Waals surface area contributed by atoms with Crippen LogP contribution >= 0.6 is 0 Å². The number of hydrogen-bond acceptors (Lipinski definition) is 5. The molecule has 0 aromatic heterocycles. The monoisotopic (exact) mass is 369 g/mol. The second-order valence-electron chi connectivity index (χ2n) is 5.85. The Kier molecular flexibility index (Phi) is 6.24. The predicted octanol–water partition coefficient (Wildman–Crippen LogP) is 1.41. The van der Waals surface area contributed by atoms with Crippen LogP contribution in [0, 0.1) is 0 Å². The molecule has 25 heavy (non-hydrogen) atoms. The number of carbonyl (C=O) groups excluding carboxylic acids is 2. The second-order valence-corrected chi connectivity index (χ2v) is 7.60. The van der Waals surface area contributed by atoms with Gasteiger partial charge < -0.3 is 15.0 Å². The third-order valence-electron chi connectivity index (χ3n) is 3.82. The molecule has 1 aliphatic heterocycles. The smallest absolute Gasteiger partial charge is 0.409 e. The molecular weight excluding hydrogens is 346 g/mol. The molecule has 2 rings (SSSR count).